The van der Waals surface area contributed by atoms with Gasteiger partial charge in [-0.25, -0.2) is 8.42 Å². The zero-order chi connectivity index (χ0) is 15.8. The first kappa shape index (κ1) is 16.1. The minimum atomic E-state index is -3.75. The van der Waals surface area contributed by atoms with Crippen LogP contribution in [0, 0.1) is 10.1 Å². The summed E-state index contributed by atoms with van der Waals surface area (Å²) in [7, 11) is -2.22. The van der Waals surface area contributed by atoms with Gasteiger partial charge in [0, 0.05) is 26.2 Å². The largest absolute Gasteiger partial charge is 0.374 e. The van der Waals surface area contributed by atoms with Crippen LogP contribution in [-0.4, -0.2) is 50.0 Å². The van der Waals surface area contributed by atoms with Crippen LogP contribution in [0.2, 0.25) is 0 Å². The number of sulfonamides is 1. The first-order valence-electron chi connectivity index (χ1n) is 6.37. The number of morpholine rings is 1. The Balaban J connectivity index is 2.37. The topological polar surface area (TPSA) is 102 Å². The molecular weight excluding hydrogens is 318 g/mol. The van der Waals surface area contributed by atoms with E-state index in [1.54, 1.807) is 13.8 Å². The second-order valence-electron chi connectivity index (χ2n) is 4.87. The predicted molar refractivity (Wildman–Crippen MR) is 79.3 cm³/mol. The summed E-state index contributed by atoms with van der Waals surface area (Å²) in [6.45, 7) is 4.09. The van der Waals surface area contributed by atoms with Crippen molar-refractivity contribution in [1.29, 1.82) is 0 Å². The van der Waals surface area contributed by atoms with Crippen molar-refractivity contribution in [3.63, 3.8) is 0 Å². The molecule has 0 spiro atoms. The number of rotatable bonds is 4. The highest BCUT2D eigenvalue weighted by Crippen LogP contribution is 2.38. The second kappa shape index (κ2) is 5.87. The van der Waals surface area contributed by atoms with Crippen LogP contribution in [0.4, 0.5) is 10.7 Å². The monoisotopic (exact) mass is 335 g/mol. The van der Waals surface area contributed by atoms with Crippen molar-refractivity contribution in [3.05, 3.63) is 16.2 Å². The van der Waals surface area contributed by atoms with Crippen LogP contribution in [0.3, 0.4) is 0 Å². The minimum Gasteiger partial charge on any atom is -0.374 e. The van der Waals surface area contributed by atoms with Gasteiger partial charge in [0.25, 0.3) is 10.0 Å². The smallest absolute Gasteiger partial charge is 0.304 e. The standard InChI is InChI=1S/C11H17N3O5S2/c1-7-5-13(6-8(2)19-7)21(17,18)10-4-9(14(15)16)11(12-3)20-10/h4,7-8,12H,5-6H2,1-3H3. The van der Waals surface area contributed by atoms with E-state index in [1.807, 2.05) is 0 Å². The zero-order valence-electron chi connectivity index (χ0n) is 11.9. The third-order valence-electron chi connectivity index (χ3n) is 3.09. The Bertz CT molecular complexity index is 632. The lowest BCUT2D eigenvalue weighted by atomic mass is 10.3. The molecule has 1 saturated heterocycles. The SMILES string of the molecule is CNc1sc(S(=O)(=O)N2CC(C)OC(C)C2)cc1[N+](=O)[O-]. The second-order valence-corrected chi connectivity index (χ2v) is 8.08. The van der Waals surface area contributed by atoms with Crippen molar-refractivity contribution < 1.29 is 18.1 Å². The number of nitrogens with zero attached hydrogens (tertiary/aromatic N) is 2. The van der Waals surface area contributed by atoms with Crippen LogP contribution in [0.25, 0.3) is 0 Å². The molecule has 2 atom stereocenters. The molecule has 2 unspecified atom stereocenters. The van der Waals surface area contributed by atoms with Gasteiger partial charge < -0.3 is 10.1 Å². The Morgan fingerprint density at radius 2 is 2.00 bits per heavy atom. The third kappa shape index (κ3) is 3.18. The van der Waals surface area contributed by atoms with E-state index in [4.69, 9.17) is 4.74 Å². The number of anilines is 1. The fourth-order valence-corrected chi connectivity index (χ4v) is 5.28. The molecule has 0 radical (unpaired) electrons. The molecule has 0 bridgehead atoms. The van der Waals surface area contributed by atoms with Gasteiger partial charge in [0.2, 0.25) is 0 Å². The summed E-state index contributed by atoms with van der Waals surface area (Å²) in [5.41, 5.74) is -0.226. The van der Waals surface area contributed by atoms with Crippen LogP contribution in [0.5, 0.6) is 0 Å². The number of thiophene rings is 1. The molecule has 0 aromatic carbocycles. The highest BCUT2D eigenvalue weighted by atomic mass is 32.2. The highest BCUT2D eigenvalue weighted by Gasteiger charge is 2.35. The maximum atomic E-state index is 12.6. The maximum absolute atomic E-state index is 12.6. The number of nitrogens with one attached hydrogen (secondary N) is 1. The van der Waals surface area contributed by atoms with Crippen molar-refractivity contribution in [2.75, 3.05) is 25.5 Å². The molecule has 1 aliphatic rings. The number of hydrogen-bond acceptors (Lipinski definition) is 7. The Morgan fingerprint density at radius 3 is 2.43 bits per heavy atom. The summed E-state index contributed by atoms with van der Waals surface area (Å²) in [6, 6.07) is 1.11. The van der Waals surface area contributed by atoms with Crippen molar-refractivity contribution >= 4 is 32.0 Å². The van der Waals surface area contributed by atoms with E-state index in [-0.39, 0.29) is 40.2 Å². The van der Waals surface area contributed by atoms with Crippen LogP contribution in [0.15, 0.2) is 10.3 Å². The Labute approximate surface area is 126 Å². The molecule has 2 heterocycles. The molecule has 1 aliphatic heterocycles. The molecule has 0 saturated carbocycles. The van der Waals surface area contributed by atoms with Gasteiger partial charge in [-0.3, -0.25) is 10.1 Å². The molecule has 1 fully saturated rings. The lowest BCUT2D eigenvalue weighted by molar-refractivity contribution is -0.383. The van der Waals surface area contributed by atoms with Crippen LogP contribution in [0.1, 0.15) is 13.8 Å². The predicted octanol–water partition coefficient (Wildman–Crippen LogP) is 1.50. The van der Waals surface area contributed by atoms with E-state index < -0.39 is 14.9 Å². The van der Waals surface area contributed by atoms with Gasteiger partial charge in [0.15, 0.2) is 5.00 Å². The van der Waals surface area contributed by atoms with E-state index >= 15 is 0 Å². The molecule has 21 heavy (non-hydrogen) atoms. The summed E-state index contributed by atoms with van der Waals surface area (Å²) in [5.74, 6) is 0. The number of ether oxygens (including phenoxy) is 1. The summed E-state index contributed by atoms with van der Waals surface area (Å²) in [5, 5.41) is 13.8. The lowest BCUT2D eigenvalue weighted by Crippen LogP contribution is -2.47. The molecule has 2 rings (SSSR count). The van der Waals surface area contributed by atoms with Crippen molar-refractivity contribution in [2.24, 2.45) is 0 Å². The molecular formula is C11H17N3O5S2. The molecule has 1 aromatic heterocycles. The molecule has 10 heteroatoms. The molecule has 1 N–H and O–H groups in total. The number of nitro groups is 1. The average molecular weight is 335 g/mol. The maximum Gasteiger partial charge on any atom is 0.304 e. The van der Waals surface area contributed by atoms with Crippen molar-refractivity contribution in [2.45, 2.75) is 30.3 Å². The summed E-state index contributed by atoms with van der Waals surface area (Å²) >= 11 is 0.868. The summed E-state index contributed by atoms with van der Waals surface area (Å²) < 4.78 is 32.0. The van der Waals surface area contributed by atoms with E-state index in [0.29, 0.717) is 0 Å². The quantitative estimate of drug-likeness (QED) is 0.661. The third-order valence-corrected chi connectivity index (χ3v) is 6.52. The first-order valence-corrected chi connectivity index (χ1v) is 8.63. The van der Waals surface area contributed by atoms with Gasteiger partial charge >= 0.3 is 5.69 Å². The summed E-state index contributed by atoms with van der Waals surface area (Å²) in [6.07, 6.45) is -0.413. The van der Waals surface area contributed by atoms with Crippen molar-refractivity contribution in [1.82, 2.24) is 4.31 Å². The Hall–Kier alpha value is -1.23. The fraction of sp³-hybridized carbons (Fsp3) is 0.636. The zero-order valence-corrected chi connectivity index (χ0v) is 13.5. The van der Waals surface area contributed by atoms with Crippen LogP contribution < -0.4 is 5.32 Å². The van der Waals surface area contributed by atoms with Gasteiger partial charge in [-0.1, -0.05) is 11.3 Å². The lowest BCUT2D eigenvalue weighted by Gasteiger charge is -2.33. The first-order chi connectivity index (χ1) is 9.75. The van der Waals surface area contributed by atoms with Crippen LogP contribution >= 0.6 is 11.3 Å². The average Bonchev–Trinajstić information content (AvgIpc) is 2.82. The normalized spacial score (nSPS) is 24.0. The Morgan fingerprint density at radius 1 is 1.43 bits per heavy atom. The van der Waals surface area contributed by atoms with Gasteiger partial charge in [-0.05, 0) is 13.8 Å². The molecule has 8 nitrogen and oxygen atoms in total. The van der Waals surface area contributed by atoms with E-state index in [1.165, 1.54) is 11.4 Å². The van der Waals surface area contributed by atoms with Gasteiger partial charge in [-0.15, -0.1) is 0 Å². The molecule has 1 aromatic rings. The highest BCUT2D eigenvalue weighted by molar-refractivity contribution is 7.91. The van der Waals surface area contributed by atoms with Crippen LogP contribution in [-0.2, 0) is 14.8 Å². The van der Waals surface area contributed by atoms with E-state index in [9.17, 15) is 18.5 Å². The number of hydrogen-bond donors (Lipinski definition) is 1. The van der Waals surface area contributed by atoms with Gasteiger partial charge in [0.05, 0.1) is 17.1 Å². The molecule has 0 aliphatic carbocycles. The van der Waals surface area contributed by atoms with Gasteiger partial charge in [-0.2, -0.15) is 4.31 Å². The minimum absolute atomic E-state index is 0.0279. The van der Waals surface area contributed by atoms with E-state index in [0.717, 1.165) is 17.4 Å². The Kier molecular flexibility index (Phi) is 4.51. The molecule has 118 valence electrons. The van der Waals surface area contributed by atoms with Gasteiger partial charge in [0.1, 0.15) is 4.21 Å². The summed E-state index contributed by atoms with van der Waals surface area (Å²) in [4.78, 5) is 10.4. The molecule has 0 amide bonds. The van der Waals surface area contributed by atoms with E-state index in [2.05, 4.69) is 5.32 Å². The van der Waals surface area contributed by atoms with Crippen molar-refractivity contribution in [3.8, 4) is 0 Å². The fourth-order valence-electron chi connectivity index (χ4n) is 2.26.